The van der Waals surface area contributed by atoms with E-state index in [0.29, 0.717) is 18.2 Å². The van der Waals surface area contributed by atoms with Crippen molar-refractivity contribution in [2.45, 2.75) is 62.4 Å². The maximum atomic E-state index is 13.7. The number of nitrogens with one attached hydrogen (secondary N) is 1. The molecule has 0 bridgehead atoms. The van der Waals surface area contributed by atoms with Crippen LogP contribution < -0.4 is 5.56 Å². The van der Waals surface area contributed by atoms with Crippen molar-refractivity contribution in [1.29, 1.82) is 0 Å². The topological polar surface area (TPSA) is 76.7 Å². The molecule has 5 rings (SSSR count). The molecule has 0 atom stereocenters. The summed E-state index contributed by atoms with van der Waals surface area (Å²) < 4.78 is 0. The van der Waals surface area contributed by atoms with Gasteiger partial charge in [0.15, 0.2) is 5.78 Å². The Kier molecular flexibility index (Phi) is 6.77. The first-order valence-corrected chi connectivity index (χ1v) is 13.3. The molecule has 1 N–H and O–H groups in total. The number of pyridine rings is 1. The third-order valence-electron chi connectivity index (χ3n) is 8.98. The highest BCUT2D eigenvalue weighted by Crippen LogP contribution is 2.49. The molecule has 3 aliphatic rings. The zero-order valence-corrected chi connectivity index (χ0v) is 21.5. The van der Waals surface area contributed by atoms with E-state index in [1.165, 1.54) is 30.9 Å². The van der Waals surface area contributed by atoms with E-state index < -0.39 is 0 Å². The number of Topliss-reactive ketones (excluding diaryl/α,β-unsaturated/α-hetero) is 1. The largest absolute Gasteiger partial charge is 0.326 e. The molecule has 1 aromatic carbocycles. The van der Waals surface area contributed by atoms with E-state index in [1.807, 2.05) is 0 Å². The highest BCUT2D eigenvalue weighted by Gasteiger charge is 2.55. The standard InChI is InChI=1S/C29H38N4O3/c1-31(2)29(23-10-4-3-5-11-23)16-14-28(15-17-29)21-32(27(36)33(28)19-22-8-6-9-22)20-25(34)18-24-12-7-13-26(35)30-24/h3-5,7,10-13,22H,6,8-9,14-21H2,1-2H3,(H,30,35). The number of urea groups is 1. The summed E-state index contributed by atoms with van der Waals surface area (Å²) in [4.78, 5) is 47.2. The van der Waals surface area contributed by atoms with Gasteiger partial charge in [-0.2, -0.15) is 0 Å². The second-order valence-corrected chi connectivity index (χ2v) is 11.3. The second-order valence-electron chi connectivity index (χ2n) is 11.3. The highest BCUT2D eigenvalue weighted by atomic mass is 16.2. The number of H-pyrrole nitrogens is 1. The number of rotatable bonds is 8. The smallest absolute Gasteiger partial charge is 0.321 e. The minimum absolute atomic E-state index is 0.00821. The van der Waals surface area contributed by atoms with E-state index in [2.05, 4.69) is 59.2 Å². The van der Waals surface area contributed by atoms with Crippen LogP contribution in [0.4, 0.5) is 4.79 Å². The van der Waals surface area contributed by atoms with Crippen molar-refractivity contribution in [2.24, 2.45) is 5.92 Å². The molecule has 2 amide bonds. The minimum Gasteiger partial charge on any atom is -0.326 e. The van der Waals surface area contributed by atoms with Crippen molar-refractivity contribution in [3.63, 3.8) is 0 Å². The molecular weight excluding hydrogens is 452 g/mol. The molecule has 1 aromatic heterocycles. The van der Waals surface area contributed by atoms with Crippen LogP contribution in [0.25, 0.3) is 0 Å². The van der Waals surface area contributed by atoms with E-state index in [1.54, 1.807) is 17.0 Å². The van der Waals surface area contributed by atoms with Crippen LogP contribution >= 0.6 is 0 Å². The Morgan fingerprint density at radius 3 is 2.33 bits per heavy atom. The molecule has 36 heavy (non-hydrogen) atoms. The number of hydrogen-bond donors (Lipinski definition) is 1. The summed E-state index contributed by atoms with van der Waals surface area (Å²) in [7, 11) is 4.33. The van der Waals surface area contributed by atoms with E-state index in [-0.39, 0.29) is 41.4 Å². The number of amides is 2. The summed E-state index contributed by atoms with van der Waals surface area (Å²) in [5.74, 6) is 0.527. The maximum absolute atomic E-state index is 13.7. The Balaban J connectivity index is 1.34. The van der Waals surface area contributed by atoms with Gasteiger partial charge in [-0.3, -0.25) is 14.5 Å². The Labute approximate surface area is 213 Å². The summed E-state index contributed by atoms with van der Waals surface area (Å²) >= 11 is 0. The third-order valence-corrected chi connectivity index (χ3v) is 8.98. The number of benzene rings is 1. The fourth-order valence-corrected chi connectivity index (χ4v) is 6.59. The fourth-order valence-electron chi connectivity index (χ4n) is 6.59. The molecule has 2 aliphatic carbocycles. The number of aromatic amines is 1. The van der Waals surface area contributed by atoms with Crippen LogP contribution in [0.3, 0.4) is 0 Å². The number of carbonyl (C=O) groups is 2. The lowest BCUT2D eigenvalue weighted by molar-refractivity contribution is -0.119. The van der Waals surface area contributed by atoms with Crippen molar-refractivity contribution >= 4 is 11.8 Å². The van der Waals surface area contributed by atoms with Gasteiger partial charge in [0.25, 0.3) is 0 Å². The molecule has 3 fully saturated rings. The van der Waals surface area contributed by atoms with Crippen molar-refractivity contribution in [2.75, 3.05) is 33.7 Å². The summed E-state index contributed by atoms with van der Waals surface area (Å²) in [6.07, 6.45) is 7.56. The minimum atomic E-state index is -0.220. The number of hydrogen-bond acceptors (Lipinski definition) is 4. The quantitative estimate of drug-likeness (QED) is 0.611. The molecule has 0 radical (unpaired) electrons. The Morgan fingerprint density at radius 2 is 1.72 bits per heavy atom. The molecule has 192 valence electrons. The summed E-state index contributed by atoms with van der Waals surface area (Å²) in [5.41, 5.74) is 1.45. The van der Waals surface area contributed by atoms with Gasteiger partial charge in [0.2, 0.25) is 5.56 Å². The van der Waals surface area contributed by atoms with Crippen LogP contribution in [0, 0.1) is 5.92 Å². The second kappa shape index (κ2) is 9.85. The van der Waals surface area contributed by atoms with Crippen LogP contribution in [0.5, 0.6) is 0 Å². The van der Waals surface area contributed by atoms with Gasteiger partial charge in [-0.15, -0.1) is 0 Å². The van der Waals surface area contributed by atoms with Gasteiger partial charge in [-0.05, 0) is 70.2 Å². The summed E-state index contributed by atoms with van der Waals surface area (Å²) in [6, 6.07) is 15.6. The van der Waals surface area contributed by atoms with Crippen LogP contribution in [-0.4, -0.2) is 70.8 Å². The summed E-state index contributed by atoms with van der Waals surface area (Å²) in [5, 5.41) is 0. The molecule has 2 aromatic rings. The maximum Gasteiger partial charge on any atom is 0.321 e. The number of aromatic nitrogens is 1. The predicted octanol–water partition coefficient (Wildman–Crippen LogP) is 3.79. The molecule has 2 heterocycles. The molecule has 1 spiro atoms. The number of nitrogens with zero attached hydrogens (tertiary/aromatic N) is 3. The molecule has 7 heteroatoms. The fraction of sp³-hybridized carbons (Fsp3) is 0.552. The van der Waals surface area contributed by atoms with Gasteiger partial charge < -0.3 is 14.8 Å². The number of carbonyl (C=O) groups excluding carboxylic acids is 2. The van der Waals surface area contributed by atoms with E-state index in [9.17, 15) is 14.4 Å². The lowest BCUT2D eigenvalue weighted by atomic mass is 9.68. The average Bonchev–Trinajstić information content (AvgIpc) is 3.07. The molecular formula is C29H38N4O3. The molecule has 7 nitrogen and oxygen atoms in total. The normalized spacial score (nSPS) is 26.6. The third kappa shape index (κ3) is 4.61. The van der Waals surface area contributed by atoms with Gasteiger partial charge in [0.05, 0.1) is 12.1 Å². The van der Waals surface area contributed by atoms with Crippen LogP contribution in [0.1, 0.15) is 56.2 Å². The highest BCUT2D eigenvalue weighted by molar-refractivity contribution is 5.88. The Bertz CT molecular complexity index is 1150. The van der Waals surface area contributed by atoms with Crippen molar-refractivity contribution in [3.8, 4) is 0 Å². The van der Waals surface area contributed by atoms with Crippen LogP contribution in [0.2, 0.25) is 0 Å². The van der Waals surface area contributed by atoms with Gasteiger partial charge in [-0.25, -0.2) is 4.79 Å². The van der Waals surface area contributed by atoms with Crippen molar-refractivity contribution < 1.29 is 9.59 Å². The van der Waals surface area contributed by atoms with Gasteiger partial charge >= 0.3 is 6.03 Å². The zero-order chi connectivity index (χ0) is 25.3. The predicted molar refractivity (Wildman–Crippen MR) is 140 cm³/mol. The van der Waals surface area contributed by atoms with Crippen LogP contribution in [0.15, 0.2) is 53.3 Å². The molecule has 1 saturated heterocycles. The first-order chi connectivity index (χ1) is 17.3. The molecule has 1 aliphatic heterocycles. The van der Waals surface area contributed by atoms with Gasteiger partial charge in [-0.1, -0.05) is 42.8 Å². The van der Waals surface area contributed by atoms with E-state index >= 15 is 0 Å². The van der Waals surface area contributed by atoms with Crippen molar-refractivity contribution in [3.05, 3.63) is 70.1 Å². The lowest BCUT2D eigenvalue weighted by Gasteiger charge is -2.51. The molecule has 2 saturated carbocycles. The zero-order valence-electron chi connectivity index (χ0n) is 21.5. The lowest BCUT2D eigenvalue weighted by Crippen LogP contribution is -2.56. The average molecular weight is 491 g/mol. The van der Waals surface area contributed by atoms with Gasteiger partial charge in [0, 0.05) is 36.8 Å². The number of ketones is 1. The van der Waals surface area contributed by atoms with E-state index in [0.717, 1.165) is 32.2 Å². The molecule has 0 unspecified atom stereocenters. The SMILES string of the molecule is CN(C)C1(c2ccccc2)CCC2(CC1)CN(CC(=O)Cc1cccc(=O)[nH]1)C(=O)N2CC1CCC1. The van der Waals surface area contributed by atoms with Crippen molar-refractivity contribution in [1.82, 2.24) is 19.7 Å². The van der Waals surface area contributed by atoms with E-state index in [4.69, 9.17) is 0 Å². The summed E-state index contributed by atoms with van der Waals surface area (Å²) in [6.45, 7) is 1.50. The van der Waals surface area contributed by atoms with Gasteiger partial charge in [0.1, 0.15) is 0 Å². The Morgan fingerprint density at radius 1 is 1.00 bits per heavy atom. The Hall–Kier alpha value is -2.93. The first kappa shape index (κ1) is 24.8. The monoisotopic (exact) mass is 490 g/mol. The first-order valence-electron chi connectivity index (χ1n) is 13.3. The van der Waals surface area contributed by atoms with Crippen LogP contribution in [-0.2, 0) is 16.8 Å².